The second kappa shape index (κ2) is 6.99. The Hall–Kier alpha value is -3.67. The Morgan fingerprint density at radius 1 is 1.33 bits per heavy atom. The van der Waals surface area contributed by atoms with Gasteiger partial charge in [0.05, 0.1) is 16.8 Å². The average molecular weight is 429 g/mol. The van der Waals surface area contributed by atoms with E-state index in [2.05, 4.69) is 24.5 Å². The van der Waals surface area contributed by atoms with Crippen LogP contribution in [-0.4, -0.2) is 46.9 Å². The topological polar surface area (TPSA) is 153 Å². The molecule has 1 aliphatic rings. The first-order chi connectivity index (χ1) is 14.1. The van der Waals surface area contributed by atoms with E-state index in [4.69, 9.17) is 10.5 Å². The number of amides is 1. The summed E-state index contributed by atoms with van der Waals surface area (Å²) in [6, 6.07) is 8.13. The van der Waals surface area contributed by atoms with E-state index in [1.807, 2.05) is 0 Å². The van der Waals surface area contributed by atoms with Crippen LogP contribution >= 0.6 is 0 Å². The molecule has 0 radical (unpaired) electrons. The van der Waals surface area contributed by atoms with Gasteiger partial charge in [0.2, 0.25) is 0 Å². The highest BCUT2D eigenvalue weighted by molar-refractivity contribution is 7.91. The average Bonchev–Trinajstić information content (AvgIpc) is 3.12. The highest BCUT2D eigenvalue weighted by Crippen LogP contribution is 2.30. The van der Waals surface area contributed by atoms with E-state index in [9.17, 15) is 13.2 Å². The molecule has 0 atom stereocenters. The quantitative estimate of drug-likeness (QED) is 0.539. The summed E-state index contributed by atoms with van der Waals surface area (Å²) in [5.41, 5.74) is 6.70. The maximum Gasteiger partial charge on any atom is 0.344 e. The number of hydrogen-bond donors (Lipinski definition) is 3. The number of benzene rings is 1. The van der Waals surface area contributed by atoms with Gasteiger partial charge in [0.1, 0.15) is 18.7 Å². The van der Waals surface area contributed by atoms with Gasteiger partial charge in [-0.05, 0) is 38.1 Å². The summed E-state index contributed by atoms with van der Waals surface area (Å²) in [5.74, 6) is -0.107. The second-order valence-corrected chi connectivity index (χ2v) is 8.67. The highest BCUT2D eigenvalue weighted by atomic mass is 32.2. The van der Waals surface area contributed by atoms with Gasteiger partial charge in [0, 0.05) is 11.8 Å². The summed E-state index contributed by atoms with van der Waals surface area (Å²) in [5, 5.41) is 6.91. The molecular weight excluding hydrogens is 410 g/mol. The predicted octanol–water partition coefficient (Wildman–Crippen LogP) is 0.692. The summed E-state index contributed by atoms with van der Waals surface area (Å²) in [7, 11) is -3.87. The molecule has 0 unspecified atom stereocenters. The van der Waals surface area contributed by atoms with E-state index < -0.39 is 15.7 Å². The lowest BCUT2D eigenvalue weighted by Crippen LogP contribution is -2.48. The molecule has 3 heterocycles. The maximum absolute atomic E-state index is 12.7. The van der Waals surface area contributed by atoms with Gasteiger partial charge in [-0.15, -0.1) is 4.40 Å². The van der Waals surface area contributed by atoms with Crippen molar-refractivity contribution in [3.8, 4) is 5.75 Å². The molecule has 0 bridgehead atoms. The van der Waals surface area contributed by atoms with Gasteiger partial charge in [-0.25, -0.2) is 9.50 Å². The molecule has 0 saturated carbocycles. The van der Waals surface area contributed by atoms with E-state index in [1.54, 1.807) is 54.9 Å². The van der Waals surface area contributed by atoms with Crippen molar-refractivity contribution < 1.29 is 17.9 Å². The van der Waals surface area contributed by atoms with Crippen molar-refractivity contribution in [3.05, 3.63) is 54.0 Å². The second-order valence-electron chi connectivity index (χ2n) is 7.34. The fraction of sp³-hybridized carbons (Fsp3) is 0.222. The minimum Gasteiger partial charge on any atom is -0.490 e. The number of pyridine rings is 1. The van der Waals surface area contributed by atoms with Gasteiger partial charge in [0.15, 0.2) is 11.5 Å². The number of carbonyl (C=O) groups is 1. The normalized spacial score (nSPS) is 15.1. The van der Waals surface area contributed by atoms with Crippen molar-refractivity contribution in [2.45, 2.75) is 19.4 Å². The molecule has 30 heavy (non-hydrogen) atoms. The zero-order chi connectivity index (χ0) is 21.5. The molecule has 156 valence electrons. The van der Waals surface area contributed by atoms with Crippen molar-refractivity contribution >= 4 is 33.3 Å². The standard InChI is InChI=1S/C18H19N7O4S/c1-18(2,22-17(26)11-6-7-25-14(8-11)20-10-21-25)9-29-13-5-3-4-12-15(13)16(19)24-30(27,28)23-12/h3-8,10,23H,9H2,1-2H3,(H2,19,24)(H,22,26). The molecule has 4 rings (SSSR count). The van der Waals surface area contributed by atoms with Crippen LogP contribution in [0.25, 0.3) is 5.65 Å². The van der Waals surface area contributed by atoms with Crippen molar-refractivity contribution in [2.24, 2.45) is 10.1 Å². The minimum atomic E-state index is -3.87. The molecule has 4 N–H and O–H groups in total. The van der Waals surface area contributed by atoms with Crippen LogP contribution in [0.5, 0.6) is 5.75 Å². The predicted molar refractivity (Wildman–Crippen MR) is 110 cm³/mol. The lowest BCUT2D eigenvalue weighted by molar-refractivity contribution is 0.0880. The first-order valence-corrected chi connectivity index (χ1v) is 10.3. The third-order valence-corrected chi connectivity index (χ3v) is 5.24. The number of anilines is 1. The van der Waals surface area contributed by atoms with Crippen molar-refractivity contribution in [2.75, 3.05) is 11.3 Å². The third kappa shape index (κ3) is 3.89. The smallest absolute Gasteiger partial charge is 0.344 e. The fourth-order valence-electron chi connectivity index (χ4n) is 2.97. The molecule has 0 spiro atoms. The molecule has 0 fully saturated rings. The van der Waals surface area contributed by atoms with E-state index in [0.29, 0.717) is 22.5 Å². The Balaban J connectivity index is 1.49. The van der Waals surface area contributed by atoms with Gasteiger partial charge in [-0.1, -0.05) is 6.07 Å². The van der Waals surface area contributed by atoms with Crippen LogP contribution in [0.15, 0.2) is 47.3 Å². The van der Waals surface area contributed by atoms with Crippen molar-refractivity contribution in [3.63, 3.8) is 0 Å². The fourth-order valence-corrected chi connectivity index (χ4v) is 3.81. The Bertz CT molecular complexity index is 1280. The van der Waals surface area contributed by atoms with Crippen LogP contribution in [0.2, 0.25) is 0 Å². The Kier molecular flexibility index (Phi) is 4.57. The molecule has 3 aromatic rings. The molecule has 2 aromatic heterocycles. The van der Waals surface area contributed by atoms with Gasteiger partial charge in [-0.2, -0.15) is 13.5 Å². The summed E-state index contributed by atoms with van der Waals surface area (Å²) in [4.78, 5) is 16.7. The zero-order valence-corrected chi connectivity index (χ0v) is 17.0. The number of nitrogens with zero attached hydrogens (tertiary/aromatic N) is 4. The van der Waals surface area contributed by atoms with E-state index >= 15 is 0 Å². The van der Waals surface area contributed by atoms with Gasteiger partial charge < -0.3 is 15.8 Å². The van der Waals surface area contributed by atoms with Crippen LogP contribution in [0.4, 0.5) is 5.69 Å². The molecule has 1 amide bonds. The maximum atomic E-state index is 12.7. The van der Waals surface area contributed by atoms with E-state index in [1.165, 1.54) is 6.33 Å². The molecule has 11 nitrogen and oxygen atoms in total. The van der Waals surface area contributed by atoms with E-state index in [-0.39, 0.29) is 24.0 Å². The monoisotopic (exact) mass is 429 g/mol. The molecular formula is C18H19N7O4S. The molecule has 0 saturated heterocycles. The Labute approximate surface area is 172 Å². The minimum absolute atomic E-state index is 0.0996. The van der Waals surface area contributed by atoms with Crippen LogP contribution in [0, 0.1) is 0 Å². The lowest BCUT2D eigenvalue weighted by atomic mass is 10.1. The number of fused-ring (bicyclic) bond motifs is 2. The van der Waals surface area contributed by atoms with Crippen LogP contribution in [-0.2, 0) is 10.2 Å². The van der Waals surface area contributed by atoms with Gasteiger partial charge in [0.25, 0.3) is 5.91 Å². The first-order valence-electron chi connectivity index (χ1n) is 8.90. The number of nitrogens with two attached hydrogens (primary N) is 1. The largest absolute Gasteiger partial charge is 0.490 e. The molecule has 12 heteroatoms. The molecule has 1 aliphatic heterocycles. The van der Waals surface area contributed by atoms with Crippen LogP contribution in [0.1, 0.15) is 29.8 Å². The number of carbonyl (C=O) groups excluding carboxylic acids is 1. The van der Waals surface area contributed by atoms with Crippen molar-refractivity contribution in [1.29, 1.82) is 0 Å². The van der Waals surface area contributed by atoms with Crippen molar-refractivity contribution in [1.82, 2.24) is 19.9 Å². The molecule has 0 aliphatic carbocycles. The van der Waals surface area contributed by atoms with E-state index in [0.717, 1.165) is 0 Å². The number of rotatable bonds is 5. The number of hydrogen-bond acceptors (Lipinski definition) is 7. The summed E-state index contributed by atoms with van der Waals surface area (Å²) in [6.07, 6.45) is 3.06. The Morgan fingerprint density at radius 2 is 2.13 bits per heavy atom. The number of aromatic nitrogens is 3. The van der Waals surface area contributed by atoms with Crippen LogP contribution < -0.4 is 20.5 Å². The summed E-state index contributed by atoms with van der Waals surface area (Å²) in [6.45, 7) is 3.70. The lowest BCUT2D eigenvalue weighted by Gasteiger charge is -2.27. The number of nitrogens with one attached hydrogen (secondary N) is 2. The Morgan fingerprint density at radius 3 is 2.93 bits per heavy atom. The zero-order valence-electron chi connectivity index (χ0n) is 16.2. The highest BCUT2D eigenvalue weighted by Gasteiger charge is 2.27. The number of amidine groups is 1. The summed E-state index contributed by atoms with van der Waals surface area (Å²) < 4.78 is 36.6. The first kappa shape index (κ1) is 19.6. The van der Waals surface area contributed by atoms with Gasteiger partial charge in [-0.3, -0.25) is 9.52 Å². The SMILES string of the molecule is CC(C)(COc1cccc2c1C(N)=NS(=O)(=O)N2)NC(=O)c1ccn2ncnc2c1. The van der Waals surface area contributed by atoms with Gasteiger partial charge >= 0.3 is 10.2 Å². The number of ether oxygens (including phenoxy) is 1. The van der Waals surface area contributed by atoms with Crippen LogP contribution in [0.3, 0.4) is 0 Å². The molecule has 1 aromatic carbocycles. The summed E-state index contributed by atoms with van der Waals surface area (Å²) >= 11 is 0. The third-order valence-electron chi connectivity index (χ3n) is 4.32.